The number of aliphatic hydroxyl groups is 5. The van der Waals surface area contributed by atoms with Gasteiger partial charge in [-0.25, -0.2) is 0 Å². The van der Waals surface area contributed by atoms with Gasteiger partial charge in [-0.2, -0.15) is 0 Å². The van der Waals surface area contributed by atoms with Crippen LogP contribution in [0.5, 0.6) is 0 Å². The topological polar surface area (TPSA) is 175 Å². The number of amides is 1. The number of halogens is 1. The van der Waals surface area contributed by atoms with Crippen LogP contribution < -0.4 is 5.73 Å². The maximum absolute atomic E-state index is 12.3. The minimum absolute atomic E-state index is 0. The average Bonchev–Trinajstić information content (AvgIpc) is 2.44. The molecule has 1 saturated heterocycles. The molecule has 1 heterocycles. The normalized spacial score (nSPS) is 31.4. The van der Waals surface area contributed by atoms with Gasteiger partial charge in [-0.1, -0.05) is 0 Å². The third-order valence-electron chi connectivity index (χ3n) is 3.65. The summed E-state index contributed by atoms with van der Waals surface area (Å²) in [6, 6.07) is -2.35. The van der Waals surface area contributed by atoms with Crippen molar-refractivity contribution in [2.75, 3.05) is 26.8 Å². The van der Waals surface area contributed by atoms with Gasteiger partial charge in [-0.15, -0.1) is 17.0 Å². The van der Waals surface area contributed by atoms with Gasteiger partial charge >= 0.3 is 0 Å². The van der Waals surface area contributed by atoms with Gasteiger partial charge in [0.15, 0.2) is 5.96 Å². The number of piperidine rings is 1. The van der Waals surface area contributed by atoms with E-state index in [4.69, 9.17) is 11.1 Å². The van der Waals surface area contributed by atoms with Gasteiger partial charge in [0.05, 0.1) is 31.8 Å². The molecular weight excluding hydrogens is 364 g/mol. The van der Waals surface area contributed by atoms with Crippen molar-refractivity contribution in [1.82, 2.24) is 9.80 Å². The second kappa shape index (κ2) is 8.60. The number of carbonyl (C=O) groups excluding carboxylic acids is 1. The molecule has 1 aliphatic rings. The van der Waals surface area contributed by atoms with Crippen LogP contribution in [-0.2, 0) is 4.79 Å². The van der Waals surface area contributed by atoms with Crippen molar-refractivity contribution in [3.8, 4) is 0 Å². The Labute approximate surface area is 138 Å². The lowest BCUT2D eigenvalue weighted by Crippen LogP contribution is -2.70. The summed E-state index contributed by atoms with van der Waals surface area (Å²) in [5.41, 5.74) is 5.23. The van der Waals surface area contributed by atoms with Crippen LogP contribution in [0.4, 0.5) is 0 Å². The number of rotatable bonds is 4. The van der Waals surface area contributed by atoms with Crippen molar-refractivity contribution in [2.24, 2.45) is 5.73 Å². The van der Waals surface area contributed by atoms with Crippen LogP contribution >= 0.6 is 17.0 Å². The van der Waals surface area contributed by atoms with E-state index in [2.05, 4.69) is 0 Å². The summed E-state index contributed by atoms with van der Waals surface area (Å²) in [6.07, 6.45) is -4.70. The summed E-state index contributed by atoms with van der Waals surface area (Å²) < 4.78 is 0. The molecule has 1 aliphatic heterocycles. The van der Waals surface area contributed by atoms with E-state index >= 15 is 0 Å². The van der Waals surface area contributed by atoms with E-state index in [1.54, 1.807) is 0 Å². The lowest BCUT2D eigenvalue weighted by molar-refractivity contribution is -0.187. The van der Waals surface area contributed by atoms with Crippen molar-refractivity contribution in [3.05, 3.63) is 0 Å². The van der Waals surface area contributed by atoms with E-state index in [-0.39, 0.29) is 29.5 Å². The van der Waals surface area contributed by atoms with E-state index in [9.17, 15) is 30.3 Å². The highest BCUT2D eigenvalue weighted by atomic mass is 79.9. The number of nitrogens with two attached hydrogens (primary N) is 1. The Morgan fingerprint density at radius 2 is 1.55 bits per heavy atom. The highest BCUT2D eigenvalue weighted by molar-refractivity contribution is 8.93. The molecule has 0 aliphatic carbocycles. The summed E-state index contributed by atoms with van der Waals surface area (Å²) >= 11 is 0. The third kappa shape index (κ3) is 4.06. The molecular formula is C11H23BrN4O6. The number of guanidine groups is 1. The first-order valence-electron chi connectivity index (χ1n) is 6.38. The number of likely N-dealkylation sites (N-methyl/N-ethyl adjacent to an activating group) is 1. The monoisotopic (exact) mass is 386 g/mol. The van der Waals surface area contributed by atoms with E-state index in [1.807, 2.05) is 0 Å². The first-order chi connectivity index (χ1) is 9.76. The van der Waals surface area contributed by atoms with Crippen molar-refractivity contribution in [3.63, 3.8) is 0 Å². The molecule has 0 bridgehead atoms. The Hall–Kier alpha value is -0.980. The van der Waals surface area contributed by atoms with Crippen LogP contribution in [-0.4, -0.2) is 104 Å². The molecule has 130 valence electrons. The highest BCUT2D eigenvalue weighted by Gasteiger charge is 2.49. The van der Waals surface area contributed by atoms with Crippen molar-refractivity contribution in [2.45, 2.75) is 30.4 Å². The molecule has 0 unspecified atom stereocenters. The van der Waals surface area contributed by atoms with E-state index < -0.39 is 49.5 Å². The van der Waals surface area contributed by atoms with Gasteiger partial charge in [0, 0.05) is 7.05 Å². The van der Waals surface area contributed by atoms with Crippen LogP contribution in [0.15, 0.2) is 0 Å². The molecule has 1 fully saturated rings. The second-order valence-corrected chi connectivity index (χ2v) is 5.01. The SMILES string of the molecule is Br.CN(CC(=O)N1[C@H](CO)[C@H](O)[C@@H](O)[C@H](O)[C@H]1CO)C(=N)N. The highest BCUT2D eigenvalue weighted by Crippen LogP contribution is 2.24. The number of aliphatic hydroxyl groups excluding tert-OH is 5. The zero-order valence-electron chi connectivity index (χ0n) is 12.0. The van der Waals surface area contributed by atoms with Crippen LogP contribution in [0.25, 0.3) is 0 Å². The third-order valence-corrected chi connectivity index (χ3v) is 3.65. The van der Waals surface area contributed by atoms with Crippen molar-refractivity contribution < 1.29 is 30.3 Å². The van der Waals surface area contributed by atoms with Crippen LogP contribution in [0, 0.1) is 5.41 Å². The molecule has 0 aromatic carbocycles. The van der Waals surface area contributed by atoms with Gasteiger partial charge in [-0.3, -0.25) is 10.2 Å². The Morgan fingerprint density at radius 3 is 1.86 bits per heavy atom. The van der Waals surface area contributed by atoms with Crippen molar-refractivity contribution >= 4 is 28.8 Å². The van der Waals surface area contributed by atoms with Gasteiger partial charge in [-0.05, 0) is 0 Å². The van der Waals surface area contributed by atoms with Gasteiger partial charge in [0.25, 0.3) is 0 Å². The molecule has 1 rings (SSSR count). The Morgan fingerprint density at radius 1 is 1.14 bits per heavy atom. The summed E-state index contributed by atoms with van der Waals surface area (Å²) in [7, 11) is 1.40. The van der Waals surface area contributed by atoms with Crippen LogP contribution in [0.3, 0.4) is 0 Å². The summed E-state index contributed by atoms with van der Waals surface area (Å²) in [4.78, 5) is 14.3. The fraction of sp³-hybridized carbons (Fsp3) is 0.818. The zero-order chi connectivity index (χ0) is 16.3. The minimum Gasteiger partial charge on any atom is -0.394 e. The van der Waals surface area contributed by atoms with E-state index in [0.29, 0.717) is 0 Å². The largest absolute Gasteiger partial charge is 0.394 e. The Balaban J connectivity index is 0.00000441. The Kier molecular flexibility index (Phi) is 8.22. The zero-order valence-corrected chi connectivity index (χ0v) is 13.7. The molecule has 11 heteroatoms. The average molecular weight is 387 g/mol. The molecule has 8 N–H and O–H groups in total. The van der Waals surface area contributed by atoms with Gasteiger partial charge < -0.3 is 41.1 Å². The van der Waals surface area contributed by atoms with Crippen LogP contribution in [0.1, 0.15) is 0 Å². The minimum atomic E-state index is -1.59. The quantitative estimate of drug-likeness (QED) is 0.189. The maximum Gasteiger partial charge on any atom is 0.243 e. The molecule has 1 amide bonds. The first-order valence-corrected chi connectivity index (χ1v) is 6.38. The summed E-state index contributed by atoms with van der Waals surface area (Å²) in [6.45, 7) is -1.65. The van der Waals surface area contributed by atoms with E-state index in [0.717, 1.165) is 9.80 Å². The van der Waals surface area contributed by atoms with Crippen molar-refractivity contribution in [1.29, 1.82) is 5.41 Å². The summed E-state index contributed by atoms with van der Waals surface area (Å²) in [5.74, 6) is -1.02. The van der Waals surface area contributed by atoms with Gasteiger partial charge in [0.1, 0.15) is 18.3 Å². The molecule has 5 atom stereocenters. The van der Waals surface area contributed by atoms with Gasteiger partial charge in [0.2, 0.25) is 5.91 Å². The first kappa shape index (κ1) is 21.0. The maximum atomic E-state index is 12.3. The smallest absolute Gasteiger partial charge is 0.243 e. The van der Waals surface area contributed by atoms with E-state index in [1.165, 1.54) is 7.05 Å². The Bertz CT molecular complexity index is 383. The number of likely N-dealkylation sites (tertiary alicyclic amines) is 1. The molecule has 0 radical (unpaired) electrons. The number of hydrogen-bond donors (Lipinski definition) is 7. The summed E-state index contributed by atoms with van der Waals surface area (Å²) in [5, 5.41) is 55.3. The predicted octanol–water partition coefficient (Wildman–Crippen LogP) is -3.96. The molecule has 10 nitrogen and oxygen atoms in total. The molecule has 0 saturated carbocycles. The second-order valence-electron chi connectivity index (χ2n) is 5.01. The van der Waals surface area contributed by atoms with Crippen LogP contribution in [0.2, 0.25) is 0 Å². The molecule has 0 aromatic heterocycles. The number of carbonyl (C=O) groups is 1. The lowest BCUT2D eigenvalue weighted by atomic mass is 9.88. The molecule has 0 aromatic rings. The molecule has 0 spiro atoms. The lowest BCUT2D eigenvalue weighted by Gasteiger charge is -2.48. The fourth-order valence-corrected chi connectivity index (χ4v) is 2.36. The number of nitrogens with one attached hydrogen (secondary N) is 1. The number of hydrogen-bond acceptors (Lipinski definition) is 7. The standard InChI is InChI=1S/C11H22N4O6.BrH/c1-14(11(12)13)2-7(18)15-5(3-16)8(19)10(21)9(20)6(15)4-17;/h5-6,8-10,16-17,19-21H,2-4H2,1H3,(H3,12,13);1H/t5-,6-,8-,9+,10+;/m1./s1. The molecule has 22 heavy (non-hydrogen) atoms. The fourth-order valence-electron chi connectivity index (χ4n) is 2.36. The number of nitrogens with zero attached hydrogens (tertiary/aromatic N) is 2. The predicted molar refractivity (Wildman–Crippen MR) is 81.5 cm³/mol.